The molecule has 10 nitrogen and oxygen atoms in total. The average molecular weight is 560 g/mol. The Morgan fingerprint density at radius 3 is 2.61 bits per heavy atom. The minimum Gasteiger partial charge on any atom is -0.496 e. The lowest BCUT2D eigenvalue weighted by atomic mass is 10.0. The maximum Gasteiger partial charge on any atom is 0.320 e. The molecule has 10 heteroatoms. The zero-order chi connectivity index (χ0) is 29.2. The number of hydrogen-bond acceptors (Lipinski definition) is 7. The number of pyridine rings is 2. The van der Waals surface area contributed by atoms with Gasteiger partial charge in [0.15, 0.2) is 5.65 Å². The number of ether oxygens (including phenoxy) is 2. The minimum atomic E-state index is -0.420. The largest absolute Gasteiger partial charge is 0.496 e. The van der Waals surface area contributed by atoms with Gasteiger partial charge in [0.25, 0.3) is 0 Å². The van der Waals surface area contributed by atoms with Crippen LogP contribution in [0.15, 0.2) is 55.1 Å². The summed E-state index contributed by atoms with van der Waals surface area (Å²) in [4.78, 5) is 26.6. The highest BCUT2D eigenvalue weighted by atomic mass is 16.5. The SMILES string of the molecule is CCCCCNc1ccc2cc(-c3cc(OCCCn4ccnc4)ccc3OC)c(NC(=O)NC(C)(C)C)nc2n1. The van der Waals surface area contributed by atoms with Gasteiger partial charge in [-0.25, -0.2) is 19.7 Å². The van der Waals surface area contributed by atoms with Crippen LogP contribution in [-0.2, 0) is 6.54 Å². The smallest absolute Gasteiger partial charge is 0.320 e. The summed E-state index contributed by atoms with van der Waals surface area (Å²) in [7, 11) is 1.62. The van der Waals surface area contributed by atoms with Crippen molar-refractivity contribution >= 4 is 28.7 Å². The summed E-state index contributed by atoms with van der Waals surface area (Å²) in [5, 5.41) is 10.1. The zero-order valence-electron chi connectivity index (χ0n) is 24.7. The van der Waals surface area contributed by atoms with E-state index in [2.05, 4.69) is 27.9 Å². The molecule has 4 aromatic rings. The first kappa shape index (κ1) is 29.6. The van der Waals surface area contributed by atoms with Crippen LogP contribution in [0.3, 0.4) is 0 Å². The van der Waals surface area contributed by atoms with E-state index in [0.717, 1.165) is 55.5 Å². The van der Waals surface area contributed by atoms with Crippen LogP contribution in [0.2, 0.25) is 0 Å². The number of unbranched alkanes of at least 4 members (excludes halogenated alkanes) is 2. The van der Waals surface area contributed by atoms with Crippen molar-refractivity contribution in [1.82, 2.24) is 24.8 Å². The predicted octanol–water partition coefficient (Wildman–Crippen LogP) is 6.49. The van der Waals surface area contributed by atoms with E-state index in [1.807, 2.05) is 67.9 Å². The molecule has 0 spiro atoms. The standard InChI is InChI=1S/C31H41N7O3/c1-6-7-8-14-33-27-13-10-22-19-25(29(35-28(22)34-27)36-30(39)37-31(2,3)4)24-20-23(11-12-26(24)40-5)41-18-9-16-38-17-15-32-21-38/h10-13,15,17,19-21H,6-9,14,16,18H2,1-5H3,(H3,33,34,35,36,37,39). The molecule has 1 aromatic carbocycles. The summed E-state index contributed by atoms with van der Waals surface area (Å²) in [6.45, 7) is 10.2. The van der Waals surface area contributed by atoms with Gasteiger partial charge < -0.3 is 24.7 Å². The second-order valence-electron chi connectivity index (χ2n) is 11.0. The van der Waals surface area contributed by atoms with Crippen LogP contribution >= 0.6 is 0 Å². The Labute approximate surface area is 241 Å². The van der Waals surface area contributed by atoms with E-state index in [0.29, 0.717) is 35.1 Å². The summed E-state index contributed by atoms with van der Waals surface area (Å²) >= 11 is 0. The van der Waals surface area contributed by atoms with Gasteiger partial charge in [-0.3, -0.25) is 5.32 Å². The first-order valence-electron chi connectivity index (χ1n) is 14.2. The van der Waals surface area contributed by atoms with E-state index >= 15 is 0 Å². The number of hydrogen-bond donors (Lipinski definition) is 3. The number of aryl methyl sites for hydroxylation is 1. The second kappa shape index (κ2) is 13.8. The number of nitrogens with one attached hydrogen (secondary N) is 3. The van der Waals surface area contributed by atoms with Crippen molar-refractivity contribution in [2.75, 3.05) is 30.9 Å². The number of nitrogens with zero attached hydrogens (tertiary/aromatic N) is 4. The van der Waals surface area contributed by atoms with Crippen molar-refractivity contribution in [3.63, 3.8) is 0 Å². The topological polar surface area (TPSA) is 115 Å². The number of fused-ring (bicyclic) bond motifs is 1. The van der Waals surface area contributed by atoms with Crippen molar-refractivity contribution < 1.29 is 14.3 Å². The number of carbonyl (C=O) groups is 1. The molecule has 4 rings (SSSR count). The zero-order valence-corrected chi connectivity index (χ0v) is 24.7. The molecule has 0 unspecified atom stereocenters. The van der Waals surface area contributed by atoms with E-state index in [-0.39, 0.29) is 6.03 Å². The minimum absolute atomic E-state index is 0.356. The van der Waals surface area contributed by atoms with Crippen LogP contribution < -0.4 is 25.4 Å². The van der Waals surface area contributed by atoms with E-state index in [1.54, 1.807) is 19.6 Å². The lowest BCUT2D eigenvalue weighted by Crippen LogP contribution is -2.43. The Morgan fingerprint density at radius 2 is 1.88 bits per heavy atom. The molecule has 0 fully saturated rings. The van der Waals surface area contributed by atoms with Crippen molar-refractivity contribution in [2.24, 2.45) is 0 Å². The maximum absolute atomic E-state index is 13.0. The molecule has 3 heterocycles. The fourth-order valence-electron chi connectivity index (χ4n) is 4.36. The van der Waals surface area contributed by atoms with E-state index in [9.17, 15) is 4.79 Å². The van der Waals surface area contributed by atoms with Crippen LogP contribution in [0, 0.1) is 0 Å². The average Bonchev–Trinajstić information content (AvgIpc) is 3.45. The molecule has 0 bridgehead atoms. The van der Waals surface area contributed by atoms with Gasteiger partial charge >= 0.3 is 6.03 Å². The molecule has 41 heavy (non-hydrogen) atoms. The van der Waals surface area contributed by atoms with Crippen LogP contribution in [0.25, 0.3) is 22.2 Å². The van der Waals surface area contributed by atoms with Gasteiger partial charge in [0.2, 0.25) is 0 Å². The molecular weight excluding hydrogens is 518 g/mol. The van der Waals surface area contributed by atoms with Crippen molar-refractivity contribution in [3.8, 4) is 22.6 Å². The predicted molar refractivity (Wildman–Crippen MR) is 164 cm³/mol. The number of imidazole rings is 1. The molecule has 3 aromatic heterocycles. The monoisotopic (exact) mass is 559 g/mol. The van der Waals surface area contributed by atoms with Crippen LogP contribution in [-0.4, -0.2) is 51.4 Å². The summed E-state index contributed by atoms with van der Waals surface area (Å²) in [5.41, 5.74) is 1.57. The molecule has 0 aliphatic rings. The summed E-state index contributed by atoms with van der Waals surface area (Å²) < 4.78 is 13.8. The number of methoxy groups -OCH3 is 1. The number of benzene rings is 1. The quantitative estimate of drug-likeness (QED) is 0.160. The summed E-state index contributed by atoms with van der Waals surface area (Å²) in [6.07, 6.45) is 9.71. The maximum atomic E-state index is 13.0. The van der Waals surface area contributed by atoms with Crippen molar-refractivity contribution in [3.05, 3.63) is 55.1 Å². The van der Waals surface area contributed by atoms with Gasteiger partial charge in [-0.15, -0.1) is 0 Å². The van der Waals surface area contributed by atoms with Gasteiger partial charge in [-0.2, -0.15) is 0 Å². The van der Waals surface area contributed by atoms with Gasteiger partial charge in [0.05, 0.1) is 20.0 Å². The lowest BCUT2D eigenvalue weighted by molar-refractivity contribution is 0.243. The number of aromatic nitrogens is 4. The Bertz CT molecular complexity index is 1430. The van der Waals surface area contributed by atoms with Gasteiger partial charge in [0.1, 0.15) is 23.1 Å². The highest BCUT2D eigenvalue weighted by Crippen LogP contribution is 2.38. The van der Waals surface area contributed by atoms with Crippen molar-refractivity contribution in [1.29, 1.82) is 0 Å². The molecule has 0 aliphatic carbocycles. The Hall–Kier alpha value is -4.34. The van der Waals surface area contributed by atoms with Crippen LogP contribution in [0.5, 0.6) is 11.5 Å². The van der Waals surface area contributed by atoms with E-state index < -0.39 is 5.54 Å². The van der Waals surface area contributed by atoms with E-state index in [1.165, 1.54) is 0 Å². The highest BCUT2D eigenvalue weighted by Gasteiger charge is 2.20. The number of amides is 2. The number of urea groups is 1. The third-order valence-electron chi connectivity index (χ3n) is 6.33. The molecule has 0 radical (unpaired) electrons. The molecular formula is C31H41N7O3. The first-order chi connectivity index (χ1) is 19.8. The highest BCUT2D eigenvalue weighted by molar-refractivity contribution is 5.97. The van der Waals surface area contributed by atoms with E-state index in [4.69, 9.17) is 19.4 Å². The Balaban J connectivity index is 1.65. The van der Waals surface area contributed by atoms with Crippen LogP contribution in [0.4, 0.5) is 16.4 Å². The third-order valence-corrected chi connectivity index (χ3v) is 6.33. The van der Waals surface area contributed by atoms with Gasteiger partial charge in [0, 0.05) is 47.5 Å². The molecule has 3 N–H and O–H groups in total. The van der Waals surface area contributed by atoms with Crippen LogP contribution in [0.1, 0.15) is 53.4 Å². The third kappa shape index (κ3) is 8.57. The lowest BCUT2D eigenvalue weighted by Gasteiger charge is -2.22. The molecule has 218 valence electrons. The summed E-state index contributed by atoms with van der Waals surface area (Å²) in [5.74, 6) is 2.47. The normalized spacial score (nSPS) is 11.3. The first-order valence-corrected chi connectivity index (χ1v) is 14.2. The molecule has 0 atom stereocenters. The summed E-state index contributed by atoms with van der Waals surface area (Å²) in [6, 6.07) is 11.2. The number of carbonyl (C=O) groups excluding carboxylic acids is 1. The van der Waals surface area contributed by atoms with Gasteiger partial charge in [-0.1, -0.05) is 19.8 Å². The molecule has 0 saturated heterocycles. The molecule has 0 aliphatic heterocycles. The Kier molecular flexibility index (Phi) is 10.00. The Morgan fingerprint density at radius 1 is 1.02 bits per heavy atom. The molecule has 0 saturated carbocycles. The molecule has 2 amide bonds. The second-order valence-corrected chi connectivity index (χ2v) is 11.0. The number of anilines is 2. The fourth-order valence-corrected chi connectivity index (χ4v) is 4.36. The van der Waals surface area contributed by atoms with Crippen molar-refractivity contribution in [2.45, 2.75) is 65.5 Å². The number of rotatable bonds is 13. The fraction of sp³-hybridized carbons (Fsp3) is 0.419. The van der Waals surface area contributed by atoms with Gasteiger partial charge in [-0.05, 0) is 70.0 Å².